The number of nitrogens with zero attached hydrogens (tertiary/aromatic N) is 5. The fourth-order valence-electron chi connectivity index (χ4n) is 6.76. The molecule has 15 heteroatoms. The number of rotatable bonds is 14. The zero-order valence-corrected chi connectivity index (χ0v) is 32.8. The Morgan fingerprint density at radius 2 is 1.53 bits per heavy atom. The van der Waals surface area contributed by atoms with Crippen LogP contribution in [0, 0.1) is 11.8 Å². The number of amides is 4. The Labute approximate surface area is 323 Å². The summed E-state index contributed by atoms with van der Waals surface area (Å²) >= 11 is 0. The van der Waals surface area contributed by atoms with Crippen molar-refractivity contribution in [2.24, 2.45) is 16.8 Å². The first kappa shape index (κ1) is 42.0. The van der Waals surface area contributed by atoms with Gasteiger partial charge in [0.25, 0.3) is 0 Å². The molecule has 0 aromatic carbocycles. The summed E-state index contributed by atoms with van der Waals surface area (Å²) in [6.45, 7) is 24.4. The number of aromatic nitrogens is 4. The molecule has 2 fully saturated rings. The second-order valence-electron chi connectivity index (χ2n) is 14.4. The number of likely N-dealkylation sites (tertiary alicyclic amines) is 1. The van der Waals surface area contributed by atoms with E-state index in [4.69, 9.17) is 9.47 Å². The Balaban J connectivity index is 1.36. The second-order valence-corrected chi connectivity index (χ2v) is 14.4. The number of imidazole rings is 2. The number of methoxy groups -OCH3 is 2. The Morgan fingerprint density at radius 3 is 2.18 bits per heavy atom. The van der Waals surface area contributed by atoms with Crippen LogP contribution in [0.4, 0.5) is 9.59 Å². The third-order valence-electron chi connectivity index (χ3n) is 9.94. The lowest BCUT2D eigenvalue weighted by molar-refractivity contribution is -0.142. The third-order valence-corrected chi connectivity index (χ3v) is 9.94. The van der Waals surface area contributed by atoms with Crippen LogP contribution in [0.15, 0.2) is 67.1 Å². The van der Waals surface area contributed by atoms with Crippen molar-refractivity contribution in [1.29, 1.82) is 0 Å². The molecular formula is C40H55N9O6. The van der Waals surface area contributed by atoms with E-state index in [0.29, 0.717) is 58.4 Å². The molecule has 4 rings (SSSR count). The summed E-state index contributed by atoms with van der Waals surface area (Å²) in [6.07, 6.45) is 12.0. The zero-order chi connectivity index (χ0) is 40.4. The number of hydrogen-bond acceptors (Lipinski definition) is 9. The van der Waals surface area contributed by atoms with E-state index in [0.717, 1.165) is 32.1 Å². The van der Waals surface area contributed by atoms with Crippen molar-refractivity contribution in [3.8, 4) is 0 Å². The van der Waals surface area contributed by atoms with Gasteiger partial charge in [0, 0.05) is 36.2 Å². The number of carbonyl (C=O) groups excluding carboxylic acids is 4. The lowest BCUT2D eigenvalue weighted by Gasteiger charge is -2.35. The number of alkyl carbamates (subject to hydrolysis) is 1. The van der Waals surface area contributed by atoms with E-state index >= 15 is 0 Å². The van der Waals surface area contributed by atoms with Crippen LogP contribution in [0.2, 0.25) is 0 Å². The highest BCUT2D eigenvalue weighted by atomic mass is 16.5. The highest BCUT2D eigenvalue weighted by Crippen LogP contribution is 2.38. The van der Waals surface area contributed by atoms with Gasteiger partial charge >= 0.3 is 12.2 Å². The predicted octanol–water partition coefficient (Wildman–Crippen LogP) is 6.38. The molecular weight excluding hydrogens is 702 g/mol. The average molecular weight is 758 g/mol. The summed E-state index contributed by atoms with van der Waals surface area (Å²) < 4.78 is 9.45. The number of H-pyrrole nitrogens is 2. The standard InChI is InChI=1S/C40H55N9O6/c1-23(2)34(46-39(52)54-9)38(51)48-19-13-16-33(48)36-43-21-31(45-36)26(6)18-17-25(5)28(8)41-20-27(7)32-22-42-35(44-32)29-14-11-12-15-30(29)37(50)49(24(3)4)47-40(53)55-10/h17-18,20-24,29-30,33-34H,5-8,11-16,19H2,1-4,9-10H3,(H,42,44)(H,43,45)(H,46,52)(H,47,53)/b18-17-,41-20?. The Bertz CT molecular complexity index is 1840. The van der Waals surface area contributed by atoms with Crippen LogP contribution in [-0.4, -0.2) is 92.9 Å². The molecule has 15 nitrogen and oxygen atoms in total. The van der Waals surface area contributed by atoms with Crippen molar-refractivity contribution in [1.82, 2.24) is 40.6 Å². The van der Waals surface area contributed by atoms with Crippen molar-refractivity contribution in [3.05, 3.63) is 85.2 Å². The minimum absolute atomic E-state index is 0.132. The van der Waals surface area contributed by atoms with E-state index in [1.807, 2.05) is 27.7 Å². The molecule has 2 aromatic heterocycles. The maximum absolute atomic E-state index is 13.6. The molecule has 296 valence electrons. The summed E-state index contributed by atoms with van der Waals surface area (Å²) in [5, 5.41) is 4.00. The minimum atomic E-state index is -0.719. The SMILES string of the molecule is C=C(/C=C\C(=C)c1cnc(C2CCCN2C(=O)C(NC(=O)OC)C(C)C)[nH]1)C(=C)N=CC(=C)c1cnc(C2CCCCC2C(=O)N(NC(=O)OC)C(C)C)[nH]1. The van der Waals surface area contributed by atoms with E-state index in [-0.39, 0.29) is 41.7 Å². The number of carbonyl (C=O) groups is 4. The molecule has 0 radical (unpaired) electrons. The summed E-state index contributed by atoms with van der Waals surface area (Å²) in [7, 11) is 2.53. The first-order valence-electron chi connectivity index (χ1n) is 18.6. The van der Waals surface area contributed by atoms with Crippen molar-refractivity contribution in [2.75, 3.05) is 20.8 Å². The first-order chi connectivity index (χ1) is 26.2. The fraction of sp³-hybridized carbons (Fsp3) is 0.475. The fourth-order valence-corrected chi connectivity index (χ4v) is 6.76. The van der Waals surface area contributed by atoms with Gasteiger partial charge in [-0.25, -0.2) is 30.0 Å². The smallest absolute Gasteiger partial charge is 0.425 e. The molecule has 3 heterocycles. The van der Waals surface area contributed by atoms with E-state index < -0.39 is 18.2 Å². The van der Waals surface area contributed by atoms with Gasteiger partial charge in [0.15, 0.2) is 0 Å². The quantitative estimate of drug-likeness (QED) is 0.0971. The topological polar surface area (TPSA) is 187 Å². The highest BCUT2D eigenvalue weighted by Gasteiger charge is 2.39. The molecule has 1 saturated heterocycles. The van der Waals surface area contributed by atoms with Gasteiger partial charge in [-0.3, -0.25) is 14.6 Å². The van der Waals surface area contributed by atoms with Crippen molar-refractivity contribution >= 4 is 41.4 Å². The second kappa shape index (κ2) is 19.0. The van der Waals surface area contributed by atoms with Crippen LogP contribution in [0.1, 0.15) is 101 Å². The van der Waals surface area contributed by atoms with E-state index in [1.165, 1.54) is 19.2 Å². The molecule has 4 N–H and O–H groups in total. The Hall–Kier alpha value is -5.73. The number of aliphatic imine (C=N–C) groups is 1. The highest BCUT2D eigenvalue weighted by molar-refractivity contribution is 6.08. The predicted molar refractivity (Wildman–Crippen MR) is 211 cm³/mol. The lowest BCUT2D eigenvalue weighted by Crippen LogP contribution is -2.53. The molecule has 4 amide bonds. The van der Waals surface area contributed by atoms with E-state index in [9.17, 15) is 19.2 Å². The van der Waals surface area contributed by atoms with Crippen LogP contribution in [0.3, 0.4) is 0 Å². The number of ether oxygens (including phenoxy) is 2. The van der Waals surface area contributed by atoms with Gasteiger partial charge in [0.2, 0.25) is 11.8 Å². The van der Waals surface area contributed by atoms with Gasteiger partial charge in [0.05, 0.1) is 49.7 Å². The number of hydrogen-bond donors (Lipinski definition) is 4. The van der Waals surface area contributed by atoms with Gasteiger partial charge in [-0.05, 0) is 56.6 Å². The molecule has 4 unspecified atom stereocenters. The molecule has 55 heavy (non-hydrogen) atoms. The number of nitrogens with one attached hydrogen (secondary N) is 4. The number of allylic oxidation sites excluding steroid dienone is 4. The molecule has 0 bridgehead atoms. The third kappa shape index (κ3) is 10.5. The van der Waals surface area contributed by atoms with Gasteiger partial charge in [-0.1, -0.05) is 65.2 Å². The van der Waals surface area contributed by atoms with Crippen LogP contribution >= 0.6 is 0 Å². The van der Waals surface area contributed by atoms with Crippen molar-refractivity contribution < 1.29 is 28.7 Å². The number of aromatic amines is 2. The normalized spacial score (nSPS) is 19.1. The molecule has 1 aliphatic carbocycles. The van der Waals surface area contributed by atoms with E-state index in [2.05, 4.69) is 62.0 Å². The Morgan fingerprint density at radius 1 is 0.891 bits per heavy atom. The molecule has 1 aliphatic heterocycles. The van der Waals surface area contributed by atoms with Gasteiger partial charge < -0.3 is 29.7 Å². The molecule has 4 atom stereocenters. The van der Waals surface area contributed by atoms with Gasteiger partial charge in [0.1, 0.15) is 17.7 Å². The van der Waals surface area contributed by atoms with Gasteiger partial charge in [-0.2, -0.15) is 0 Å². The summed E-state index contributed by atoms with van der Waals surface area (Å²) in [5.41, 5.74) is 6.08. The first-order valence-corrected chi connectivity index (χ1v) is 18.6. The van der Waals surface area contributed by atoms with Crippen LogP contribution < -0.4 is 10.7 Å². The minimum Gasteiger partial charge on any atom is -0.453 e. The lowest BCUT2D eigenvalue weighted by atomic mass is 9.78. The van der Waals surface area contributed by atoms with Crippen molar-refractivity contribution in [2.45, 2.75) is 90.3 Å². The molecule has 1 saturated carbocycles. The van der Waals surface area contributed by atoms with Crippen LogP contribution in [0.25, 0.3) is 11.1 Å². The van der Waals surface area contributed by atoms with Crippen molar-refractivity contribution in [3.63, 3.8) is 0 Å². The van der Waals surface area contributed by atoms with Crippen LogP contribution in [-0.2, 0) is 19.1 Å². The van der Waals surface area contributed by atoms with E-state index in [1.54, 1.807) is 35.7 Å². The number of hydrazine groups is 1. The molecule has 2 aromatic rings. The molecule has 0 spiro atoms. The maximum Gasteiger partial charge on any atom is 0.425 e. The summed E-state index contributed by atoms with van der Waals surface area (Å²) in [6, 6.07) is -1.25. The monoisotopic (exact) mass is 757 g/mol. The van der Waals surface area contributed by atoms with Gasteiger partial charge in [-0.15, -0.1) is 0 Å². The average Bonchev–Trinajstić information content (AvgIpc) is 3.97. The zero-order valence-electron chi connectivity index (χ0n) is 32.8. The Kier molecular flexibility index (Phi) is 14.5. The summed E-state index contributed by atoms with van der Waals surface area (Å²) in [5.74, 6) is 0.301. The summed E-state index contributed by atoms with van der Waals surface area (Å²) in [4.78, 5) is 73.0. The van der Waals surface area contributed by atoms with Crippen LogP contribution in [0.5, 0.6) is 0 Å². The maximum atomic E-state index is 13.6. The molecule has 2 aliphatic rings. The largest absolute Gasteiger partial charge is 0.453 e.